The molecule has 0 aliphatic heterocycles. The standard InChI is InChI=1S/C27H48O2/c1-19(2)9-8-10-20(3)22-12-13-23-21-11-14-25(29)27(5,16-6-7-18-28)24(21)15-17-26(22,23)4/h19-24,28H,6-18H2,1-5H3/t20-,21+,22-,23+,24+,26-,27-/m1/s1. The van der Waals surface area contributed by atoms with Crippen LogP contribution >= 0.6 is 0 Å². The molecule has 1 N–H and O–H groups in total. The monoisotopic (exact) mass is 404 g/mol. The van der Waals surface area contributed by atoms with E-state index in [-0.39, 0.29) is 12.0 Å². The molecule has 3 aliphatic carbocycles. The van der Waals surface area contributed by atoms with Gasteiger partial charge in [-0.15, -0.1) is 0 Å². The van der Waals surface area contributed by atoms with Gasteiger partial charge in [-0.25, -0.2) is 0 Å². The Kier molecular flexibility index (Phi) is 7.56. The molecule has 0 radical (unpaired) electrons. The predicted molar refractivity (Wildman–Crippen MR) is 122 cm³/mol. The highest BCUT2D eigenvalue weighted by Crippen LogP contribution is 2.65. The van der Waals surface area contributed by atoms with E-state index in [0.717, 1.165) is 61.7 Å². The van der Waals surface area contributed by atoms with Crippen molar-refractivity contribution in [1.29, 1.82) is 0 Å². The number of ketones is 1. The summed E-state index contributed by atoms with van der Waals surface area (Å²) in [5.41, 5.74) is 0.380. The molecule has 0 aromatic carbocycles. The fraction of sp³-hybridized carbons (Fsp3) is 0.963. The Bertz CT molecular complexity index is 555. The number of rotatable bonds is 9. The summed E-state index contributed by atoms with van der Waals surface area (Å²) < 4.78 is 0. The number of carbonyl (C=O) groups is 1. The fourth-order valence-corrected chi connectivity index (χ4v) is 8.22. The van der Waals surface area contributed by atoms with Crippen LogP contribution in [-0.4, -0.2) is 17.5 Å². The van der Waals surface area contributed by atoms with E-state index in [0.29, 0.717) is 17.1 Å². The summed E-state index contributed by atoms with van der Waals surface area (Å²) in [6.07, 6.45) is 14.4. The Morgan fingerprint density at radius 1 is 0.966 bits per heavy atom. The Morgan fingerprint density at radius 3 is 2.41 bits per heavy atom. The smallest absolute Gasteiger partial charge is 0.139 e. The molecule has 3 aliphatic rings. The fourth-order valence-electron chi connectivity index (χ4n) is 8.22. The van der Waals surface area contributed by atoms with E-state index < -0.39 is 0 Å². The maximum absolute atomic E-state index is 13.0. The summed E-state index contributed by atoms with van der Waals surface area (Å²) in [6, 6.07) is 0. The summed E-state index contributed by atoms with van der Waals surface area (Å²) in [4.78, 5) is 13.0. The van der Waals surface area contributed by atoms with Crippen LogP contribution in [0.15, 0.2) is 0 Å². The highest BCUT2D eigenvalue weighted by Gasteiger charge is 2.59. The Morgan fingerprint density at radius 2 is 1.72 bits per heavy atom. The van der Waals surface area contributed by atoms with E-state index in [1.807, 2.05) is 0 Å². The van der Waals surface area contributed by atoms with Gasteiger partial charge in [0.15, 0.2) is 0 Å². The zero-order valence-electron chi connectivity index (χ0n) is 20.0. The number of aliphatic hydroxyl groups excluding tert-OH is 1. The molecule has 0 saturated heterocycles. The third kappa shape index (κ3) is 4.48. The van der Waals surface area contributed by atoms with Crippen LogP contribution in [0.4, 0.5) is 0 Å². The molecule has 0 aromatic heterocycles. The summed E-state index contributed by atoms with van der Waals surface area (Å²) in [6.45, 7) is 12.4. The largest absolute Gasteiger partial charge is 0.396 e. The molecular formula is C27H48O2. The predicted octanol–water partition coefficient (Wildman–Crippen LogP) is 7.04. The van der Waals surface area contributed by atoms with E-state index in [4.69, 9.17) is 0 Å². The molecule has 2 nitrogen and oxygen atoms in total. The molecule has 29 heavy (non-hydrogen) atoms. The molecule has 3 rings (SSSR count). The van der Waals surface area contributed by atoms with Gasteiger partial charge in [0, 0.05) is 18.4 Å². The van der Waals surface area contributed by atoms with Gasteiger partial charge in [-0.2, -0.15) is 0 Å². The summed E-state index contributed by atoms with van der Waals surface area (Å²) in [5, 5.41) is 9.22. The third-order valence-electron chi connectivity index (χ3n) is 9.90. The van der Waals surface area contributed by atoms with Crippen molar-refractivity contribution in [1.82, 2.24) is 0 Å². The summed E-state index contributed by atoms with van der Waals surface area (Å²) in [5.74, 6) is 5.28. The van der Waals surface area contributed by atoms with Gasteiger partial charge in [-0.05, 0) is 85.9 Å². The van der Waals surface area contributed by atoms with Crippen LogP contribution in [0.25, 0.3) is 0 Å². The second-order valence-corrected chi connectivity index (χ2v) is 12.0. The van der Waals surface area contributed by atoms with E-state index in [1.165, 1.54) is 44.9 Å². The van der Waals surface area contributed by atoms with Gasteiger partial charge in [0.2, 0.25) is 0 Å². The van der Waals surface area contributed by atoms with Crippen molar-refractivity contribution in [3.8, 4) is 0 Å². The Balaban J connectivity index is 1.70. The molecular weight excluding hydrogens is 356 g/mol. The number of fused-ring (bicyclic) bond motifs is 3. The molecule has 2 heteroatoms. The molecule has 168 valence electrons. The first-order valence-electron chi connectivity index (χ1n) is 12.9. The van der Waals surface area contributed by atoms with Crippen LogP contribution in [-0.2, 0) is 4.79 Å². The minimum Gasteiger partial charge on any atom is -0.396 e. The first kappa shape index (κ1) is 23.3. The molecule has 0 unspecified atom stereocenters. The minimum atomic E-state index is -0.125. The average Bonchev–Trinajstić information content (AvgIpc) is 3.02. The second-order valence-electron chi connectivity index (χ2n) is 12.0. The maximum atomic E-state index is 13.0. The van der Waals surface area contributed by atoms with Gasteiger partial charge in [-0.3, -0.25) is 4.79 Å². The van der Waals surface area contributed by atoms with Crippen LogP contribution in [0.1, 0.15) is 112 Å². The maximum Gasteiger partial charge on any atom is 0.139 e. The van der Waals surface area contributed by atoms with Crippen molar-refractivity contribution < 1.29 is 9.90 Å². The van der Waals surface area contributed by atoms with Gasteiger partial charge >= 0.3 is 0 Å². The summed E-state index contributed by atoms with van der Waals surface area (Å²) >= 11 is 0. The molecule has 0 amide bonds. The van der Waals surface area contributed by atoms with Crippen LogP contribution in [0.5, 0.6) is 0 Å². The number of aliphatic hydroxyl groups is 1. The zero-order chi connectivity index (χ0) is 21.2. The molecule has 3 saturated carbocycles. The van der Waals surface area contributed by atoms with Crippen LogP contribution < -0.4 is 0 Å². The minimum absolute atomic E-state index is 0.125. The first-order valence-corrected chi connectivity index (χ1v) is 12.9. The lowest BCUT2D eigenvalue weighted by atomic mass is 9.48. The lowest BCUT2D eigenvalue weighted by molar-refractivity contribution is -0.146. The van der Waals surface area contributed by atoms with E-state index in [9.17, 15) is 9.90 Å². The van der Waals surface area contributed by atoms with Gasteiger partial charge < -0.3 is 5.11 Å². The molecule has 0 aromatic rings. The lowest BCUT2D eigenvalue weighted by Crippen LogP contribution is -2.52. The quantitative estimate of drug-likeness (QED) is 0.418. The second kappa shape index (κ2) is 9.41. The Labute approximate surface area is 180 Å². The highest BCUT2D eigenvalue weighted by atomic mass is 16.2. The molecule has 0 heterocycles. The van der Waals surface area contributed by atoms with Crippen LogP contribution in [0.3, 0.4) is 0 Å². The van der Waals surface area contributed by atoms with Crippen molar-refractivity contribution in [2.24, 2.45) is 46.3 Å². The van der Waals surface area contributed by atoms with Crippen LogP contribution in [0, 0.1) is 46.3 Å². The van der Waals surface area contributed by atoms with Gasteiger partial charge in [-0.1, -0.05) is 60.3 Å². The van der Waals surface area contributed by atoms with Crippen molar-refractivity contribution in [2.45, 2.75) is 112 Å². The number of unbranched alkanes of at least 4 members (excludes halogenated alkanes) is 1. The number of carbonyl (C=O) groups excluding carboxylic acids is 1. The third-order valence-corrected chi connectivity index (χ3v) is 9.90. The zero-order valence-corrected chi connectivity index (χ0v) is 20.0. The molecule has 0 spiro atoms. The number of hydrogen-bond donors (Lipinski definition) is 1. The summed E-state index contributed by atoms with van der Waals surface area (Å²) in [7, 11) is 0. The number of hydrogen-bond acceptors (Lipinski definition) is 2. The van der Waals surface area contributed by atoms with Gasteiger partial charge in [0.25, 0.3) is 0 Å². The number of Topliss-reactive ketones (excluding diaryl/α,β-unsaturated/α-hetero) is 1. The van der Waals surface area contributed by atoms with E-state index in [1.54, 1.807) is 0 Å². The van der Waals surface area contributed by atoms with Gasteiger partial charge in [0.1, 0.15) is 5.78 Å². The van der Waals surface area contributed by atoms with Crippen molar-refractivity contribution in [3.63, 3.8) is 0 Å². The molecule has 7 atom stereocenters. The highest BCUT2D eigenvalue weighted by molar-refractivity contribution is 5.85. The Hall–Kier alpha value is -0.370. The molecule has 0 bridgehead atoms. The van der Waals surface area contributed by atoms with Crippen molar-refractivity contribution in [3.05, 3.63) is 0 Å². The lowest BCUT2D eigenvalue weighted by Gasteiger charge is -2.56. The first-order chi connectivity index (χ1) is 13.7. The topological polar surface area (TPSA) is 37.3 Å². The van der Waals surface area contributed by atoms with Crippen molar-refractivity contribution >= 4 is 5.78 Å². The van der Waals surface area contributed by atoms with E-state index >= 15 is 0 Å². The SMILES string of the molecule is CC(C)CCC[C@@H](C)[C@H]1CC[C@H]2[C@@H]3CCC(=O)[C@](C)(CCCCO)[C@H]3CC[C@]12C. The van der Waals surface area contributed by atoms with Crippen LogP contribution in [0.2, 0.25) is 0 Å². The van der Waals surface area contributed by atoms with E-state index in [2.05, 4.69) is 34.6 Å². The van der Waals surface area contributed by atoms with Gasteiger partial charge in [0.05, 0.1) is 0 Å². The van der Waals surface area contributed by atoms with Crippen molar-refractivity contribution in [2.75, 3.05) is 6.61 Å². The molecule has 3 fully saturated rings. The normalized spacial score (nSPS) is 40.7. The average molecular weight is 405 g/mol.